The van der Waals surface area contributed by atoms with Gasteiger partial charge in [0.1, 0.15) is 0 Å². The van der Waals surface area contributed by atoms with Gasteiger partial charge in [-0.3, -0.25) is 4.79 Å². The standard InChI is InChI=1S/C8H9NO2/c10-8-5-4-6-2-1-3-7(6)9(8)11/h4-5,11H,1-3H2. The first kappa shape index (κ1) is 6.46. The molecule has 1 aromatic heterocycles. The van der Waals surface area contributed by atoms with Crippen LogP contribution in [0.2, 0.25) is 0 Å². The molecule has 0 saturated heterocycles. The van der Waals surface area contributed by atoms with Gasteiger partial charge in [-0.1, -0.05) is 6.07 Å². The lowest BCUT2D eigenvalue weighted by Gasteiger charge is -2.01. The molecule has 0 radical (unpaired) electrons. The van der Waals surface area contributed by atoms with Crippen LogP contribution in [0.4, 0.5) is 0 Å². The lowest BCUT2D eigenvalue weighted by atomic mass is 10.2. The van der Waals surface area contributed by atoms with Gasteiger partial charge in [0.2, 0.25) is 0 Å². The Morgan fingerprint density at radius 1 is 1.36 bits per heavy atom. The van der Waals surface area contributed by atoms with Crippen LogP contribution in [0.15, 0.2) is 16.9 Å². The molecule has 0 saturated carbocycles. The minimum absolute atomic E-state index is 0.328. The van der Waals surface area contributed by atoms with Crippen molar-refractivity contribution < 1.29 is 5.21 Å². The van der Waals surface area contributed by atoms with E-state index in [-0.39, 0.29) is 5.56 Å². The molecule has 0 aliphatic heterocycles. The number of aromatic nitrogens is 1. The molecule has 1 N–H and O–H groups in total. The van der Waals surface area contributed by atoms with Crippen molar-refractivity contribution in [2.75, 3.05) is 0 Å². The highest BCUT2D eigenvalue weighted by Gasteiger charge is 2.14. The lowest BCUT2D eigenvalue weighted by molar-refractivity contribution is 0.166. The maximum Gasteiger partial charge on any atom is 0.283 e. The molecule has 0 unspecified atom stereocenters. The van der Waals surface area contributed by atoms with Crippen molar-refractivity contribution >= 4 is 0 Å². The number of nitrogens with zero attached hydrogens (tertiary/aromatic N) is 1. The van der Waals surface area contributed by atoms with Gasteiger partial charge in [0.25, 0.3) is 5.56 Å². The SMILES string of the molecule is O=c1ccc2c(n1O)CCC2. The molecule has 58 valence electrons. The molecule has 3 heteroatoms. The topological polar surface area (TPSA) is 42.2 Å². The van der Waals surface area contributed by atoms with Crippen LogP contribution in [0.1, 0.15) is 17.7 Å². The first-order chi connectivity index (χ1) is 5.29. The molecule has 2 rings (SSSR count). The van der Waals surface area contributed by atoms with Crippen molar-refractivity contribution in [3.05, 3.63) is 33.7 Å². The zero-order valence-electron chi connectivity index (χ0n) is 6.08. The summed E-state index contributed by atoms with van der Waals surface area (Å²) >= 11 is 0. The molecule has 11 heavy (non-hydrogen) atoms. The van der Waals surface area contributed by atoms with Crippen molar-refractivity contribution in [1.82, 2.24) is 4.73 Å². The smallest absolute Gasteiger partial charge is 0.283 e. The molecular formula is C8H9NO2. The Balaban J connectivity index is 2.72. The second-order valence-corrected chi connectivity index (χ2v) is 2.81. The third kappa shape index (κ3) is 0.843. The number of hydrogen-bond acceptors (Lipinski definition) is 2. The Labute approximate surface area is 63.9 Å². The summed E-state index contributed by atoms with van der Waals surface area (Å²) in [5, 5.41) is 9.22. The quantitative estimate of drug-likeness (QED) is 0.551. The molecule has 0 atom stereocenters. The lowest BCUT2D eigenvalue weighted by Crippen LogP contribution is -2.19. The van der Waals surface area contributed by atoms with Crippen molar-refractivity contribution in [1.29, 1.82) is 0 Å². The summed E-state index contributed by atoms with van der Waals surface area (Å²) in [6.45, 7) is 0. The van der Waals surface area contributed by atoms with E-state index in [9.17, 15) is 10.0 Å². The summed E-state index contributed by atoms with van der Waals surface area (Å²) < 4.78 is 0.766. The van der Waals surface area contributed by atoms with E-state index in [4.69, 9.17) is 0 Å². The van der Waals surface area contributed by atoms with Crippen LogP contribution >= 0.6 is 0 Å². The molecule has 0 bridgehead atoms. The van der Waals surface area contributed by atoms with Gasteiger partial charge in [0, 0.05) is 6.07 Å². The van der Waals surface area contributed by atoms with Crippen LogP contribution < -0.4 is 5.56 Å². The first-order valence-corrected chi connectivity index (χ1v) is 3.72. The van der Waals surface area contributed by atoms with Crippen LogP contribution in [0.3, 0.4) is 0 Å². The van der Waals surface area contributed by atoms with Crippen LogP contribution in [0.25, 0.3) is 0 Å². The molecule has 0 amide bonds. The van der Waals surface area contributed by atoms with Gasteiger partial charge >= 0.3 is 0 Å². The average molecular weight is 151 g/mol. The van der Waals surface area contributed by atoms with Gasteiger partial charge in [-0.2, -0.15) is 4.73 Å². The minimum Gasteiger partial charge on any atom is -0.425 e. The fourth-order valence-electron chi connectivity index (χ4n) is 1.55. The van der Waals surface area contributed by atoms with E-state index in [0.717, 1.165) is 35.3 Å². The fraction of sp³-hybridized carbons (Fsp3) is 0.375. The Kier molecular flexibility index (Phi) is 1.24. The van der Waals surface area contributed by atoms with E-state index in [2.05, 4.69) is 0 Å². The van der Waals surface area contributed by atoms with E-state index < -0.39 is 0 Å². The van der Waals surface area contributed by atoms with E-state index in [1.807, 2.05) is 0 Å². The normalized spacial score (nSPS) is 14.9. The van der Waals surface area contributed by atoms with Crippen LogP contribution in [-0.2, 0) is 12.8 Å². The molecule has 0 aromatic carbocycles. The summed E-state index contributed by atoms with van der Waals surface area (Å²) in [7, 11) is 0. The summed E-state index contributed by atoms with van der Waals surface area (Å²) in [5.74, 6) is 0. The monoisotopic (exact) mass is 151 g/mol. The van der Waals surface area contributed by atoms with Crippen LogP contribution in [0, 0.1) is 0 Å². The molecule has 0 fully saturated rings. The highest BCUT2D eigenvalue weighted by Crippen LogP contribution is 2.18. The molecule has 0 spiro atoms. The average Bonchev–Trinajstić information content (AvgIpc) is 2.45. The van der Waals surface area contributed by atoms with E-state index in [1.54, 1.807) is 6.07 Å². The number of hydrogen-bond donors (Lipinski definition) is 1. The molecular weight excluding hydrogens is 142 g/mol. The Morgan fingerprint density at radius 2 is 2.18 bits per heavy atom. The number of fused-ring (bicyclic) bond motifs is 1. The Hall–Kier alpha value is -1.25. The number of aryl methyl sites for hydroxylation is 1. The molecule has 1 heterocycles. The van der Waals surface area contributed by atoms with Gasteiger partial charge in [-0.15, -0.1) is 0 Å². The summed E-state index contributed by atoms with van der Waals surface area (Å²) in [6.07, 6.45) is 2.84. The molecule has 3 nitrogen and oxygen atoms in total. The van der Waals surface area contributed by atoms with Crippen molar-refractivity contribution in [3.8, 4) is 0 Å². The summed E-state index contributed by atoms with van der Waals surface area (Å²) in [6, 6.07) is 3.21. The Bertz CT molecular complexity index is 340. The second-order valence-electron chi connectivity index (χ2n) is 2.81. The van der Waals surface area contributed by atoms with Crippen molar-refractivity contribution in [2.24, 2.45) is 0 Å². The largest absolute Gasteiger partial charge is 0.425 e. The van der Waals surface area contributed by atoms with Crippen molar-refractivity contribution in [3.63, 3.8) is 0 Å². The number of rotatable bonds is 0. The van der Waals surface area contributed by atoms with Crippen molar-refractivity contribution in [2.45, 2.75) is 19.3 Å². The van der Waals surface area contributed by atoms with Gasteiger partial charge in [-0.05, 0) is 24.8 Å². The van der Waals surface area contributed by atoms with Gasteiger partial charge in [0.05, 0.1) is 5.69 Å². The predicted octanol–water partition coefficient (Wildman–Crippen LogP) is 0.574. The molecule has 1 aliphatic rings. The Morgan fingerprint density at radius 3 is 3.00 bits per heavy atom. The zero-order chi connectivity index (χ0) is 7.84. The minimum atomic E-state index is -0.328. The van der Waals surface area contributed by atoms with Crippen LogP contribution in [-0.4, -0.2) is 9.94 Å². The third-order valence-corrected chi connectivity index (χ3v) is 2.12. The summed E-state index contributed by atoms with van der Waals surface area (Å²) in [5.41, 5.74) is 1.57. The second kappa shape index (κ2) is 2.12. The maximum absolute atomic E-state index is 10.9. The van der Waals surface area contributed by atoms with Gasteiger partial charge in [0.15, 0.2) is 0 Å². The van der Waals surface area contributed by atoms with Crippen LogP contribution in [0.5, 0.6) is 0 Å². The highest BCUT2D eigenvalue weighted by molar-refractivity contribution is 5.24. The van der Waals surface area contributed by atoms with Gasteiger partial charge in [-0.25, -0.2) is 0 Å². The fourth-order valence-corrected chi connectivity index (χ4v) is 1.55. The zero-order valence-corrected chi connectivity index (χ0v) is 6.08. The predicted molar refractivity (Wildman–Crippen MR) is 39.9 cm³/mol. The number of pyridine rings is 1. The van der Waals surface area contributed by atoms with E-state index in [0.29, 0.717) is 0 Å². The third-order valence-electron chi connectivity index (χ3n) is 2.12. The maximum atomic E-state index is 10.9. The molecule has 1 aromatic rings. The first-order valence-electron chi connectivity index (χ1n) is 3.72. The summed E-state index contributed by atoms with van der Waals surface area (Å²) in [4.78, 5) is 10.9. The molecule has 1 aliphatic carbocycles. The van der Waals surface area contributed by atoms with E-state index in [1.165, 1.54) is 6.07 Å². The van der Waals surface area contributed by atoms with E-state index >= 15 is 0 Å². The van der Waals surface area contributed by atoms with Gasteiger partial charge < -0.3 is 5.21 Å². The highest BCUT2D eigenvalue weighted by atomic mass is 16.5.